The van der Waals surface area contributed by atoms with Crippen LogP contribution in [0.4, 0.5) is 0 Å². The van der Waals surface area contributed by atoms with Gasteiger partial charge in [0.1, 0.15) is 0 Å². The van der Waals surface area contributed by atoms with Gasteiger partial charge in [-0.15, -0.1) is 6.42 Å². The van der Waals surface area contributed by atoms with E-state index in [1.807, 2.05) is 0 Å². The molecular weight excluding hydrogens is 561 g/mol. The molecule has 0 aromatic rings. The minimum atomic E-state index is 0.338. The highest BCUT2D eigenvalue weighted by molar-refractivity contribution is 14.1. The zero-order valence-electron chi connectivity index (χ0n) is 26.0. The Morgan fingerprint density at radius 1 is 0.432 bits per heavy atom. The number of alkyl halides is 1. The van der Waals surface area contributed by atoms with Gasteiger partial charge in [0.15, 0.2) is 0 Å². The Morgan fingerprint density at radius 3 is 0.865 bits per heavy atom. The molecule has 1 nitrogen and oxygen atoms in total. The molecule has 0 spiro atoms. The van der Waals surface area contributed by atoms with Crippen molar-refractivity contribution in [1.29, 1.82) is 0 Å². The lowest BCUT2D eigenvalue weighted by Gasteiger charge is -2.41. The number of rotatable bonds is 30. The smallest absolute Gasteiger partial charge is 0.200 e. The highest BCUT2D eigenvalue weighted by Gasteiger charge is 2.32. The summed E-state index contributed by atoms with van der Waals surface area (Å²) in [4.78, 5) is 0. The predicted molar refractivity (Wildman–Crippen MR) is 179 cm³/mol. The first-order chi connectivity index (χ1) is 18.2. The van der Waals surface area contributed by atoms with E-state index in [9.17, 15) is 0 Å². The van der Waals surface area contributed by atoms with Crippen LogP contribution in [0, 0.1) is 12.3 Å². The van der Waals surface area contributed by atoms with Crippen molar-refractivity contribution >= 4 is 22.6 Å². The summed E-state index contributed by atoms with van der Waals surface area (Å²) < 4.78 is 1.53. The topological polar surface area (TPSA) is 0 Å². The van der Waals surface area contributed by atoms with Crippen molar-refractivity contribution in [2.24, 2.45) is 0 Å². The van der Waals surface area contributed by atoms with Crippen LogP contribution in [0.1, 0.15) is 188 Å². The largest absolute Gasteiger partial charge is 0.303 e. The monoisotopic (exact) mass is 630 g/mol. The van der Waals surface area contributed by atoms with Crippen molar-refractivity contribution in [3.05, 3.63) is 0 Å². The summed E-state index contributed by atoms with van der Waals surface area (Å²) in [5.41, 5.74) is 0. The molecule has 0 heterocycles. The molecule has 0 bridgehead atoms. The molecular formula is C35H69IN+. The van der Waals surface area contributed by atoms with E-state index in [0.29, 0.717) is 4.05 Å². The van der Waals surface area contributed by atoms with Crippen LogP contribution in [0.15, 0.2) is 0 Å². The van der Waals surface area contributed by atoms with Crippen molar-refractivity contribution in [3.8, 4) is 12.3 Å². The minimum Gasteiger partial charge on any atom is -0.303 e. The van der Waals surface area contributed by atoms with Crippen LogP contribution in [0.2, 0.25) is 0 Å². The standard InChI is InChI=1S/C35H69IN/c1-5-9-12-15-18-21-22-25-28-31-34-37(35(36)8-4,32-29-26-23-19-16-13-10-6-2)33-30-27-24-20-17-14-11-7-3/h4,35H,5-7,9-34H2,1-3H3/q+1. The third kappa shape index (κ3) is 22.7. The van der Waals surface area contributed by atoms with Gasteiger partial charge in [-0.3, -0.25) is 0 Å². The summed E-state index contributed by atoms with van der Waals surface area (Å²) in [5, 5.41) is 0. The van der Waals surface area contributed by atoms with Crippen molar-refractivity contribution in [2.45, 2.75) is 192 Å². The number of halogens is 1. The van der Waals surface area contributed by atoms with Crippen molar-refractivity contribution in [1.82, 2.24) is 0 Å². The zero-order valence-corrected chi connectivity index (χ0v) is 28.1. The number of terminal acetylenes is 1. The Hall–Kier alpha value is 0.250. The Morgan fingerprint density at radius 2 is 0.649 bits per heavy atom. The third-order valence-electron chi connectivity index (χ3n) is 8.49. The number of nitrogens with zero attached hydrogens (tertiary/aromatic N) is 1. The molecule has 2 heteroatoms. The fourth-order valence-electron chi connectivity index (χ4n) is 5.87. The predicted octanol–water partition coefficient (Wildman–Crippen LogP) is 12.4. The van der Waals surface area contributed by atoms with Crippen LogP contribution in [0.25, 0.3) is 0 Å². The highest BCUT2D eigenvalue weighted by Crippen LogP contribution is 2.25. The molecule has 0 aliphatic rings. The van der Waals surface area contributed by atoms with Gasteiger partial charge >= 0.3 is 0 Å². The van der Waals surface area contributed by atoms with Gasteiger partial charge < -0.3 is 4.48 Å². The second-order valence-corrected chi connectivity index (χ2v) is 13.2. The van der Waals surface area contributed by atoms with Crippen molar-refractivity contribution < 1.29 is 4.48 Å². The first kappa shape index (κ1) is 37.2. The maximum Gasteiger partial charge on any atom is 0.200 e. The molecule has 0 aliphatic heterocycles. The normalized spacial score (nSPS) is 12.6. The fourth-order valence-corrected chi connectivity index (χ4v) is 6.70. The molecule has 0 saturated heterocycles. The van der Waals surface area contributed by atoms with Crippen LogP contribution < -0.4 is 0 Å². The zero-order chi connectivity index (χ0) is 27.3. The average molecular weight is 631 g/mol. The number of quaternary nitrogens is 1. The summed E-state index contributed by atoms with van der Waals surface area (Å²) in [7, 11) is 0. The molecule has 0 rings (SSSR count). The molecule has 0 aliphatic carbocycles. The van der Waals surface area contributed by atoms with Crippen LogP contribution in [0.3, 0.4) is 0 Å². The van der Waals surface area contributed by atoms with E-state index in [-0.39, 0.29) is 0 Å². The first-order valence-electron chi connectivity index (χ1n) is 17.1. The molecule has 0 aromatic heterocycles. The van der Waals surface area contributed by atoms with E-state index < -0.39 is 0 Å². The molecule has 1 unspecified atom stereocenters. The summed E-state index contributed by atoms with van der Waals surface area (Å²) in [6.45, 7) is 10.8. The van der Waals surface area contributed by atoms with Gasteiger partial charge in [0, 0.05) is 22.6 Å². The van der Waals surface area contributed by atoms with Crippen LogP contribution in [0.5, 0.6) is 0 Å². The highest BCUT2D eigenvalue weighted by atomic mass is 127. The Kier molecular flexibility index (Phi) is 29.4. The Balaban J connectivity index is 4.55. The summed E-state index contributed by atoms with van der Waals surface area (Å²) in [6, 6.07) is 0. The van der Waals surface area contributed by atoms with Crippen LogP contribution in [-0.4, -0.2) is 28.2 Å². The van der Waals surface area contributed by atoms with Gasteiger partial charge in [-0.1, -0.05) is 149 Å². The van der Waals surface area contributed by atoms with Gasteiger partial charge in [0.25, 0.3) is 0 Å². The van der Waals surface area contributed by atoms with Gasteiger partial charge in [0.2, 0.25) is 4.05 Å². The van der Waals surface area contributed by atoms with E-state index in [1.54, 1.807) is 0 Å². The lowest BCUT2D eigenvalue weighted by Crippen LogP contribution is -2.54. The van der Waals surface area contributed by atoms with Gasteiger partial charge in [-0.05, 0) is 44.4 Å². The second-order valence-electron chi connectivity index (χ2n) is 12.0. The fraction of sp³-hybridized carbons (Fsp3) is 0.943. The lowest BCUT2D eigenvalue weighted by atomic mass is 10.0. The van der Waals surface area contributed by atoms with E-state index in [2.05, 4.69) is 49.3 Å². The maximum atomic E-state index is 6.10. The molecule has 0 fully saturated rings. The number of hydrogen-bond donors (Lipinski definition) is 0. The summed E-state index contributed by atoms with van der Waals surface area (Å²) in [5.74, 6) is 3.20. The van der Waals surface area contributed by atoms with E-state index in [1.165, 1.54) is 191 Å². The molecule has 0 aromatic carbocycles. The van der Waals surface area contributed by atoms with Crippen molar-refractivity contribution in [3.63, 3.8) is 0 Å². The average Bonchev–Trinajstić information content (AvgIpc) is 2.91. The Bertz CT molecular complexity index is 462. The van der Waals surface area contributed by atoms with Crippen molar-refractivity contribution in [2.75, 3.05) is 19.6 Å². The van der Waals surface area contributed by atoms with Gasteiger partial charge in [-0.2, -0.15) is 0 Å². The third-order valence-corrected chi connectivity index (χ3v) is 10.0. The molecule has 220 valence electrons. The quantitative estimate of drug-likeness (QED) is 0.0185. The molecule has 0 radical (unpaired) electrons. The van der Waals surface area contributed by atoms with Gasteiger partial charge in [0.05, 0.1) is 19.6 Å². The lowest BCUT2D eigenvalue weighted by molar-refractivity contribution is -0.927. The SMILES string of the molecule is C#CC(I)[N+](CCCCCCCCCC)(CCCCCCCCCC)CCCCCCCCCCCC. The maximum absolute atomic E-state index is 6.10. The Labute approximate surface area is 249 Å². The van der Waals surface area contributed by atoms with Gasteiger partial charge in [-0.25, -0.2) is 0 Å². The molecule has 0 amide bonds. The second kappa shape index (κ2) is 29.2. The van der Waals surface area contributed by atoms with E-state index in [0.717, 1.165) is 0 Å². The first-order valence-corrected chi connectivity index (χ1v) is 18.4. The molecule has 0 N–H and O–H groups in total. The number of unbranched alkanes of at least 4 members (excludes halogenated alkanes) is 23. The summed E-state index contributed by atoms with van der Waals surface area (Å²) >= 11 is 2.61. The van der Waals surface area contributed by atoms with E-state index in [4.69, 9.17) is 6.42 Å². The molecule has 1 atom stereocenters. The minimum absolute atomic E-state index is 0.338. The van der Waals surface area contributed by atoms with E-state index >= 15 is 0 Å². The molecule has 37 heavy (non-hydrogen) atoms. The van der Waals surface area contributed by atoms with Crippen LogP contribution in [-0.2, 0) is 0 Å². The molecule has 0 saturated carbocycles. The number of hydrogen-bond acceptors (Lipinski definition) is 0. The summed E-state index contributed by atoms with van der Waals surface area (Å²) in [6.07, 6.45) is 42.8. The van der Waals surface area contributed by atoms with Crippen LogP contribution >= 0.6 is 22.6 Å².